The highest BCUT2D eigenvalue weighted by molar-refractivity contribution is 5.94. The molecule has 2 aromatic rings. The molecule has 1 saturated heterocycles. The number of amides is 1. The molecule has 152 valence electrons. The van der Waals surface area contributed by atoms with Crippen molar-refractivity contribution in [2.45, 2.75) is 25.7 Å². The number of aliphatic carboxylic acids is 1. The van der Waals surface area contributed by atoms with Crippen molar-refractivity contribution in [1.82, 2.24) is 4.90 Å². The van der Waals surface area contributed by atoms with Gasteiger partial charge >= 0.3 is 5.97 Å². The number of carbonyl (C=O) groups is 3. The highest BCUT2D eigenvalue weighted by Crippen LogP contribution is 2.33. The summed E-state index contributed by atoms with van der Waals surface area (Å²) >= 11 is 0. The third-order valence-electron chi connectivity index (χ3n) is 5.26. The lowest BCUT2D eigenvalue weighted by molar-refractivity contribution is -0.141. The average Bonchev–Trinajstić information content (AvgIpc) is 3.18. The summed E-state index contributed by atoms with van der Waals surface area (Å²) in [6, 6.07) is 16.4. The van der Waals surface area contributed by atoms with Crippen LogP contribution >= 0.6 is 0 Å². The lowest BCUT2D eigenvalue weighted by Crippen LogP contribution is -2.30. The summed E-state index contributed by atoms with van der Waals surface area (Å²) in [4.78, 5) is 37.3. The quantitative estimate of drug-likeness (QED) is 0.547. The predicted octanol–water partition coefficient (Wildman–Crippen LogP) is 3.38. The minimum atomic E-state index is -0.872. The summed E-state index contributed by atoms with van der Waals surface area (Å²) < 4.78 is 5.64. The lowest BCUT2D eigenvalue weighted by Gasteiger charge is -2.16. The van der Waals surface area contributed by atoms with Crippen LogP contribution in [-0.4, -0.2) is 47.4 Å². The normalized spacial score (nSPS) is 18.4. The molecule has 2 aromatic carbocycles. The first-order valence-electron chi connectivity index (χ1n) is 9.75. The van der Waals surface area contributed by atoms with Gasteiger partial charge in [-0.05, 0) is 31.0 Å². The van der Waals surface area contributed by atoms with Gasteiger partial charge in [0.25, 0.3) is 0 Å². The fraction of sp³-hybridized carbons (Fsp3) is 0.348. The lowest BCUT2D eigenvalue weighted by atomic mass is 9.89. The molecule has 1 aliphatic heterocycles. The van der Waals surface area contributed by atoms with Crippen LogP contribution in [0.25, 0.3) is 0 Å². The number of rotatable bonds is 8. The van der Waals surface area contributed by atoms with Crippen molar-refractivity contribution in [2.24, 2.45) is 5.92 Å². The molecule has 1 aliphatic rings. The van der Waals surface area contributed by atoms with Crippen LogP contribution in [0.2, 0.25) is 0 Å². The van der Waals surface area contributed by atoms with Gasteiger partial charge in [0.15, 0.2) is 5.78 Å². The van der Waals surface area contributed by atoms with E-state index in [-0.39, 0.29) is 24.2 Å². The zero-order chi connectivity index (χ0) is 20.8. The van der Waals surface area contributed by atoms with Crippen molar-refractivity contribution in [3.63, 3.8) is 0 Å². The Morgan fingerprint density at radius 3 is 2.52 bits per heavy atom. The highest BCUT2D eigenvalue weighted by Gasteiger charge is 2.40. The molecule has 2 atom stereocenters. The summed E-state index contributed by atoms with van der Waals surface area (Å²) in [5.74, 6) is -1.14. The van der Waals surface area contributed by atoms with Gasteiger partial charge in [-0.2, -0.15) is 0 Å². The maximum absolute atomic E-state index is 12.6. The number of benzene rings is 2. The van der Waals surface area contributed by atoms with Gasteiger partial charge in [-0.25, -0.2) is 0 Å². The van der Waals surface area contributed by atoms with Crippen LogP contribution in [0.5, 0.6) is 5.75 Å². The van der Waals surface area contributed by atoms with E-state index >= 15 is 0 Å². The predicted molar refractivity (Wildman–Crippen MR) is 108 cm³/mol. The van der Waals surface area contributed by atoms with E-state index in [1.54, 1.807) is 29.2 Å². The molecule has 6 heteroatoms. The molecule has 1 N–H and O–H groups in total. The Morgan fingerprint density at radius 1 is 1.07 bits per heavy atom. The van der Waals surface area contributed by atoms with E-state index in [2.05, 4.69) is 0 Å². The Labute approximate surface area is 170 Å². The van der Waals surface area contributed by atoms with Crippen molar-refractivity contribution in [3.8, 4) is 5.75 Å². The van der Waals surface area contributed by atoms with Gasteiger partial charge in [0.1, 0.15) is 5.75 Å². The van der Waals surface area contributed by atoms with Crippen LogP contribution < -0.4 is 4.74 Å². The van der Waals surface area contributed by atoms with Gasteiger partial charge in [-0.3, -0.25) is 14.4 Å². The molecule has 0 spiro atoms. The van der Waals surface area contributed by atoms with Crippen molar-refractivity contribution in [3.05, 3.63) is 65.7 Å². The van der Waals surface area contributed by atoms with Gasteiger partial charge in [-0.1, -0.05) is 42.5 Å². The number of ketones is 1. The van der Waals surface area contributed by atoms with Crippen LogP contribution in [0, 0.1) is 5.92 Å². The summed E-state index contributed by atoms with van der Waals surface area (Å²) in [5.41, 5.74) is 1.53. The number of carboxylic acids is 1. The number of carbonyl (C=O) groups excluding carboxylic acids is 2. The molecular weight excluding hydrogens is 370 g/mol. The monoisotopic (exact) mass is 395 g/mol. The summed E-state index contributed by atoms with van der Waals surface area (Å²) in [5, 5.41) is 9.56. The Hall–Kier alpha value is -3.15. The minimum absolute atomic E-state index is 0.0272. The number of carboxylic acid groups (broad SMARTS) is 1. The van der Waals surface area contributed by atoms with Gasteiger partial charge < -0.3 is 14.7 Å². The van der Waals surface area contributed by atoms with Crippen LogP contribution in [-0.2, 0) is 9.59 Å². The number of hydrogen-bond acceptors (Lipinski definition) is 4. The third-order valence-corrected chi connectivity index (χ3v) is 5.26. The van der Waals surface area contributed by atoms with E-state index in [4.69, 9.17) is 4.74 Å². The second kappa shape index (κ2) is 9.37. The molecule has 3 rings (SSSR count). The average molecular weight is 395 g/mol. The van der Waals surface area contributed by atoms with Crippen molar-refractivity contribution in [2.75, 3.05) is 19.7 Å². The SMILES string of the molecule is CC(=O)c1cccc(OCCCC(=O)N2C[C@H](C(=O)O)[C@H](c3ccccc3)C2)c1. The first-order valence-corrected chi connectivity index (χ1v) is 9.75. The number of hydrogen-bond donors (Lipinski definition) is 1. The number of ether oxygens (including phenoxy) is 1. The van der Waals surface area contributed by atoms with Crippen LogP contribution in [0.3, 0.4) is 0 Å². The molecule has 1 amide bonds. The smallest absolute Gasteiger partial charge is 0.308 e. The zero-order valence-electron chi connectivity index (χ0n) is 16.4. The van der Waals surface area contributed by atoms with E-state index in [9.17, 15) is 19.5 Å². The molecule has 29 heavy (non-hydrogen) atoms. The third kappa shape index (κ3) is 5.22. The molecule has 6 nitrogen and oxygen atoms in total. The van der Waals surface area contributed by atoms with Crippen LogP contribution in [0.15, 0.2) is 54.6 Å². The Balaban J connectivity index is 1.51. The van der Waals surface area contributed by atoms with Gasteiger partial charge in [0.2, 0.25) is 5.91 Å². The molecule has 0 bridgehead atoms. The van der Waals surface area contributed by atoms with Crippen molar-refractivity contribution < 1.29 is 24.2 Å². The first kappa shape index (κ1) is 20.6. The molecule has 1 fully saturated rings. The van der Waals surface area contributed by atoms with Crippen molar-refractivity contribution >= 4 is 17.7 Å². The van der Waals surface area contributed by atoms with Gasteiger partial charge in [0.05, 0.1) is 12.5 Å². The summed E-state index contributed by atoms with van der Waals surface area (Å²) in [6.45, 7) is 2.50. The fourth-order valence-electron chi connectivity index (χ4n) is 3.67. The molecule has 0 aliphatic carbocycles. The highest BCUT2D eigenvalue weighted by atomic mass is 16.5. The summed E-state index contributed by atoms with van der Waals surface area (Å²) in [7, 11) is 0. The second-order valence-electron chi connectivity index (χ2n) is 7.30. The van der Waals surface area contributed by atoms with E-state index < -0.39 is 11.9 Å². The second-order valence-corrected chi connectivity index (χ2v) is 7.30. The Bertz CT molecular complexity index is 880. The van der Waals surface area contributed by atoms with Gasteiger partial charge in [0, 0.05) is 31.0 Å². The van der Waals surface area contributed by atoms with E-state index in [1.165, 1.54) is 6.92 Å². The topological polar surface area (TPSA) is 83.9 Å². The maximum Gasteiger partial charge on any atom is 0.308 e. The first-order chi connectivity index (χ1) is 14.0. The molecule has 0 radical (unpaired) electrons. The van der Waals surface area contributed by atoms with Crippen molar-refractivity contribution in [1.29, 1.82) is 0 Å². The zero-order valence-corrected chi connectivity index (χ0v) is 16.4. The van der Waals surface area contributed by atoms with Crippen LogP contribution in [0.4, 0.5) is 0 Å². The summed E-state index contributed by atoms with van der Waals surface area (Å²) in [6.07, 6.45) is 0.813. The number of nitrogens with zero attached hydrogens (tertiary/aromatic N) is 1. The Morgan fingerprint density at radius 2 is 1.83 bits per heavy atom. The maximum atomic E-state index is 12.6. The molecule has 0 aromatic heterocycles. The molecule has 0 saturated carbocycles. The van der Waals surface area contributed by atoms with E-state index in [0.29, 0.717) is 37.3 Å². The molecular formula is C23H25NO5. The minimum Gasteiger partial charge on any atom is -0.494 e. The van der Waals surface area contributed by atoms with Crippen LogP contribution in [0.1, 0.15) is 41.6 Å². The standard InChI is InChI=1S/C23H25NO5/c1-16(25)18-9-5-10-19(13-18)29-12-6-11-22(26)24-14-20(21(15-24)23(27)28)17-7-3-2-4-8-17/h2-5,7-10,13,20-21H,6,11-12,14-15H2,1H3,(H,27,28)/t20-,21-/m0/s1. The Kier molecular flexibility index (Phi) is 6.65. The molecule has 1 heterocycles. The number of Topliss-reactive ketones (excluding diaryl/α,β-unsaturated/α-hetero) is 1. The largest absolute Gasteiger partial charge is 0.494 e. The van der Waals surface area contributed by atoms with E-state index in [1.807, 2.05) is 30.3 Å². The van der Waals surface area contributed by atoms with E-state index in [0.717, 1.165) is 5.56 Å². The molecule has 0 unspecified atom stereocenters. The number of likely N-dealkylation sites (tertiary alicyclic amines) is 1. The van der Waals surface area contributed by atoms with Gasteiger partial charge in [-0.15, -0.1) is 0 Å². The fourth-order valence-corrected chi connectivity index (χ4v) is 3.67.